The highest BCUT2D eigenvalue weighted by Crippen LogP contribution is 2.41. The molecule has 39 heavy (non-hydrogen) atoms. The highest BCUT2D eigenvalue weighted by Gasteiger charge is 2.35. The second-order valence-electron chi connectivity index (χ2n) is 9.30. The maximum absolute atomic E-state index is 13.7. The number of halogens is 1. The predicted molar refractivity (Wildman–Crippen MR) is 146 cm³/mol. The molecule has 0 unspecified atom stereocenters. The van der Waals surface area contributed by atoms with Crippen LogP contribution in [0, 0.1) is 5.82 Å². The maximum atomic E-state index is 13.7. The number of Topliss-reactive ketones (excluding diaryl/α,β-unsaturated/α-hetero) is 1. The van der Waals surface area contributed by atoms with Crippen LogP contribution in [0.5, 0.6) is 0 Å². The minimum atomic E-state index is -0.490. The quantitative estimate of drug-likeness (QED) is 0.354. The van der Waals surface area contributed by atoms with Crippen molar-refractivity contribution in [3.8, 4) is 0 Å². The van der Waals surface area contributed by atoms with Gasteiger partial charge in [0.05, 0.1) is 35.7 Å². The van der Waals surface area contributed by atoms with Crippen molar-refractivity contribution in [2.45, 2.75) is 44.1 Å². The first kappa shape index (κ1) is 28.4. The van der Waals surface area contributed by atoms with Crippen molar-refractivity contribution >= 4 is 51.4 Å². The molecule has 0 aliphatic carbocycles. The number of ketones is 1. The number of para-hydroxylation sites is 1. The Labute approximate surface area is 230 Å². The van der Waals surface area contributed by atoms with Gasteiger partial charge in [0, 0.05) is 21.1 Å². The number of morpholine rings is 1. The lowest BCUT2D eigenvalue weighted by Gasteiger charge is -2.25. The van der Waals surface area contributed by atoms with Crippen LogP contribution in [0.15, 0.2) is 53.1 Å². The average Bonchev–Trinajstić information content (AvgIpc) is 3.48. The monoisotopic (exact) mass is 558 g/mol. The van der Waals surface area contributed by atoms with Gasteiger partial charge in [-0.3, -0.25) is 29.4 Å². The van der Waals surface area contributed by atoms with Crippen molar-refractivity contribution in [2.24, 2.45) is 0 Å². The van der Waals surface area contributed by atoms with E-state index >= 15 is 0 Å². The lowest BCUT2D eigenvalue weighted by molar-refractivity contribution is -0.138. The standard InChI is InChI=1S/C16H11FN2O2S.C6H13NO.C5H5NO3.H2/c17-12-8-4-7-11-14(12)21-18-15(11)19-9-13(22-16(19)20)10-5-2-1-3-6-10;1-5-3-7-4-6(2)8-5;7-3-1-4(8)6-5(9)2-3;/h1-8,13H,9H2;5-7H,3-4H2,1-2H3;1-2H2,(H,6,8,9);1H/t13-;5-,6+;;/m1.../s1. The molecule has 2 aromatic carbocycles. The normalized spacial score (nSPS) is 23.1. The summed E-state index contributed by atoms with van der Waals surface area (Å²) >= 11 is 1.25. The van der Waals surface area contributed by atoms with Gasteiger partial charge in [-0.1, -0.05) is 53.3 Å². The molecule has 3 atom stereocenters. The van der Waals surface area contributed by atoms with E-state index in [0.717, 1.165) is 18.7 Å². The number of aromatic nitrogens is 1. The van der Waals surface area contributed by atoms with E-state index in [-0.39, 0.29) is 36.1 Å². The van der Waals surface area contributed by atoms with Gasteiger partial charge in [0.2, 0.25) is 17.4 Å². The minimum absolute atomic E-state index is 0. The van der Waals surface area contributed by atoms with Crippen molar-refractivity contribution in [1.29, 1.82) is 0 Å². The highest BCUT2D eigenvalue weighted by atomic mass is 32.2. The summed E-state index contributed by atoms with van der Waals surface area (Å²) in [6.45, 7) is 6.67. The first-order valence-corrected chi connectivity index (χ1v) is 13.4. The maximum Gasteiger partial charge on any atom is 0.288 e. The fraction of sp³-hybridized carbons (Fsp3) is 0.370. The first-order chi connectivity index (χ1) is 18.7. The van der Waals surface area contributed by atoms with Crippen LogP contribution in [0.1, 0.15) is 38.9 Å². The van der Waals surface area contributed by atoms with E-state index in [2.05, 4.69) is 24.3 Å². The number of nitrogens with zero attached hydrogens (tertiary/aromatic N) is 2. The Morgan fingerprint density at radius 1 is 0.974 bits per heavy atom. The van der Waals surface area contributed by atoms with Crippen LogP contribution in [0.25, 0.3) is 11.0 Å². The molecule has 1 aromatic heterocycles. The van der Waals surface area contributed by atoms with E-state index in [1.165, 1.54) is 17.8 Å². The van der Waals surface area contributed by atoms with Gasteiger partial charge in [-0.05, 0) is 31.5 Å². The smallest absolute Gasteiger partial charge is 0.288 e. The van der Waals surface area contributed by atoms with Crippen LogP contribution < -0.4 is 15.5 Å². The third-order valence-electron chi connectivity index (χ3n) is 5.99. The Bertz CT molecular complexity index is 1300. The Morgan fingerprint density at radius 2 is 1.64 bits per heavy atom. The zero-order chi connectivity index (χ0) is 27.9. The number of anilines is 1. The van der Waals surface area contributed by atoms with E-state index in [4.69, 9.17) is 9.26 Å². The molecule has 0 spiro atoms. The number of rotatable bonds is 2. The van der Waals surface area contributed by atoms with Crippen LogP contribution in [-0.4, -0.2) is 59.8 Å². The molecule has 4 heterocycles. The Morgan fingerprint density at radius 3 is 2.23 bits per heavy atom. The summed E-state index contributed by atoms with van der Waals surface area (Å²) in [5.74, 6) is -1.38. The average molecular weight is 559 g/mol. The summed E-state index contributed by atoms with van der Waals surface area (Å²) in [6.07, 6.45) is 0.509. The zero-order valence-electron chi connectivity index (χ0n) is 21.5. The van der Waals surface area contributed by atoms with E-state index in [9.17, 15) is 23.6 Å². The lowest BCUT2D eigenvalue weighted by atomic mass is 10.1. The summed E-state index contributed by atoms with van der Waals surface area (Å²) in [4.78, 5) is 44.9. The predicted octanol–water partition coefficient (Wildman–Crippen LogP) is 4.00. The number of amides is 3. The van der Waals surface area contributed by atoms with E-state index in [1.807, 2.05) is 35.6 Å². The van der Waals surface area contributed by atoms with Crippen molar-refractivity contribution in [3.63, 3.8) is 0 Å². The molecule has 3 aliphatic heterocycles. The summed E-state index contributed by atoms with van der Waals surface area (Å²) in [5, 5.41) is 9.61. The fourth-order valence-corrected chi connectivity index (χ4v) is 5.28. The van der Waals surface area contributed by atoms with Crippen molar-refractivity contribution in [2.75, 3.05) is 24.5 Å². The van der Waals surface area contributed by atoms with E-state index in [0.29, 0.717) is 30.0 Å². The molecule has 0 saturated carbocycles. The summed E-state index contributed by atoms with van der Waals surface area (Å²) < 4.78 is 24.2. The van der Waals surface area contributed by atoms with E-state index < -0.39 is 17.6 Å². The SMILES string of the molecule is C[C@@H]1CNC[C@H](C)O1.O=C1CC(=O)NC(=O)C1.O=C1S[C@@H](c2ccccc2)CN1c1noc2c(F)cccc12.[HH]. The number of carbonyl (C=O) groups is 4. The third kappa shape index (κ3) is 7.49. The number of imide groups is 1. The number of hydrogen-bond donors (Lipinski definition) is 2. The van der Waals surface area contributed by atoms with Gasteiger partial charge in [-0.2, -0.15) is 0 Å². The Balaban J connectivity index is 0.000000203. The number of nitrogens with one attached hydrogen (secondary N) is 2. The number of thioether (sulfide) groups is 1. The highest BCUT2D eigenvalue weighted by molar-refractivity contribution is 8.14. The molecule has 6 rings (SSSR count). The summed E-state index contributed by atoms with van der Waals surface area (Å²) in [6, 6.07) is 14.4. The minimum Gasteiger partial charge on any atom is -0.373 e. The number of piperidine rings is 1. The van der Waals surface area contributed by atoms with Crippen molar-refractivity contribution in [1.82, 2.24) is 15.8 Å². The first-order valence-electron chi connectivity index (χ1n) is 12.5. The molecule has 208 valence electrons. The summed E-state index contributed by atoms with van der Waals surface area (Å²) in [5.41, 5.74) is 1.17. The van der Waals surface area contributed by atoms with Crippen LogP contribution in [-0.2, 0) is 19.1 Å². The van der Waals surface area contributed by atoms with Crippen LogP contribution in [0.4, 0.5) is 15.0 Å². The molecule has 3 fully saturated rings. The van der Waals surface area contributed by atoms with Gasteiger partial charge < -0.3 is 14.6 Å². The second-order valence-corrected chi connectivity index (χ2v) is 10.4. The van der Waals surface area contributed by atoms with Gasteiger partial charge in [0.25, 0.3) is 5.24 Å². The molecule has 3 saturated heterocycles. The molecular formula is C27H31FN4O6S. The molecule has 0 bridgehead atoms. The molecule has 3 amide bonds. The number of hydrogen-bond acceptors (Lipinski definition) is 9. The van der Waals surface area contributed by atoms with Gasteiger partial charge in [-0.15, -0.1) is 0 Å². The topological polar surface area (TPSA) is 131 Å². The summed E-state index contributed by atoms with van der Waals surface area (Å²) in [7, 11) is 0. The molecule has 10 nitrogen and oxygen atoms in total. The third-order valence-corrected chi connectivity index (χ3v) is 7.12. The van der Waals surface area contributed by atoms with E-state index in [1.54, 1.807) is 17.0 Å². The van der Waals surface area contributed by atoms with Gasteiger partial charge in [-0.25, -0.2) is 4.39 Å². The van der Waals surface area contributed by atoms with Crippen LogP contribution in [0.3, 0.4) is 0 Å². The van der Waals surface area contributed by atoms with Crippen molar-refractivity contribution in [3.05, 3.63) is 59.9 Å². The number of benzene rings is 2. The number of ether oxygens (including phenoxy) is 1. The second kappa shape index (κ2) is 13.0. The zero-order valence-corrected chi connectivity index (χ0v) is 22.3. The molecule has 2 N–H and O–H groups in total. The number of fused-ring (bicyclic) bond motifs is 1. The molecule has 3 aliphatic rings. The van der Waals surface area contributed by atoms with Crippen LogP contribution in [0.2, 0.25) is 0 Å². The van der Waals surface area contributed by atoms with Gasteiger partial charge in [0.1, 0.15) is 0 Å². The van der Waals surface area contributed by atoms with Gasteiger partial charge in [0.15, 0.2) is 17.4 Å². The van der Waals surface area contributed by atoms with Crippen molar-refractivity contribution < 1.29 is 34.3 Å². The van der Waals surface area contributed by atoms with Crippen LogP contribution >= 0.6 is 11.8 Å². The Hall–Kier alpha value is -3.61. The lowest BCUT2D eigenvalue weighted by Crippen LogP contribution is -2.41. The number of carbonyl (C=O) groups excluding carboxylic acids is 4. The molecular weight excluding hydrogens is 527 g/mol. The van der Waals surface area contributed by atoms with Gasteiger partial charge >= 0.3 is 0 Å². The largest absolute Gasteiger partial charge is 0.373 e. The molecule has 3 aromatic rings. The Kier molecular flexibility index (Phi) is 9.44. The molecule has 12 heteroatoms. The molecule has 0 radical (unpaired) electrons. The fourth-order valence-electron chi connectivity index (χ4n) is 4.23.